The summed E-state index contributed by atoms with van der Waals surface area (Å²) in [5, 5.41) is 0. The lowest BCUT2D eigenvalue weighted by Crippen LogP contribution is -2.20. The van der Waals surface area contributed by atoms with Crippen LogP contribution in [0.25, 0.3) is 0 Å². The highest BCUT2D eigenvalue weighted by atomic mass is 31.2. The van der Waals surface area contributed by atoms with Crippen LogP contribution in [-0.2, 0) is 22.9 Å². The standard InChI is InChI=1S/C26H56O8P2/c1-6-25(7-2,19-12-15-23-34-36(29,30)31)17-10-13-21-32-22-14-11-18-26(8-3,9-4)20-16-24-33-35(5,27)28/h6-24H2,1-5H3,(H,27,28)(H2,29,30,31). The van der Waals surface area contributed by atoms with E-state index in [9.17, 15) is 14.0 Å². The molecule has 0 heterocycles. The Morgan fingerprint density at radius 3 is 1.28 bits per heavy atom. The molecular weight excluding hydrogens is 502 g/mol. The van der Waals surface area contributed by atoms with Gasteiger partial charge in [0, 0.05) is 19.9 Å². The van der Waals surface area contributed by atoms with E-state index >= 15 is 0 Å². The SMILES string of the molecule is CCC(CC)(CCCCOCCCCC(CC)(CC)CCCOP(C)(=O)O)CCCCOP(=O)(O)O. The predicted octanol–water partition coefficient (Wildman–Crippen LogP) is 7.85. The van der Waals surface area contributed by atoms with Crippen molar-refractivity contribution in [3.63, 3.8) is 0 Å². The third kappa shape index (κ3) is 18.5. The first-order chi connectivity index (χ1) is 16.9. The maximum Gasteiger partial charge on any atom is 0.469 e. The van der Waals surface area contributed by atoms with Gasteiger partial charge >= 0.3 is 15.4 Å². The Morgan fingerprint density at radius 1 is 0.556 bits per heavy atom. The Hall–Kier alpha value is 0.220. The molecule has 0 spiro atoms. The minimum Gasteiger partial charge on any atom is -0.381 e. The van der Waals surface area contributed by atoms with Crippen LogP contribution in [0.1, 0.15) is 124 Å². The van der Waals surface area contributed by atoms with E-state index in [0.717, 1.165) is 103 Å². The number of phosphoric acid groups is 1. The molecular formula is C26H56O8P2. The van der Waals surface area contributed by atoms with Gasteiger partial charge in [0.25, 0.3) is 0 Å². The highest BCUT2D eigenvalue weighted by Gasteiger charge is 2.26. The van der Waals surface area contributed by atoms with E-state index in [1.807, 2.05) is 0 Å². The van der Waals surface area contributed by atoms with Crippen molar-refractivity contribution < 1.29 is 37.6 Å². The van der Waals surface area contributed by atoms with E-state index in [2.05, 4.69) is 32.2 Å². The van der Waals surface area contributed by atoms with Crippen molar-refractivity contribution in [1.29, 1.82) is 0 Å². The van der Waals surface area contributed by atoms with Crippen LogP contribution in [0.5, 0.6) is 0 Å². The second-order valence-corrected chi connectivity index (χ2v) is 13.6. The second kappa shape index (κ2) is 19.3. The molecule has 0 aromatic rings. The normalized spacial score (nSPS) is 14.8. The third-order valence-corrected chi connectivity index (χ3v) is 9.22. The van der Waals surface area contributed by atoms with Gasteiger partial charge < -0.3 is 23.9 Å². The summed E-state index contributed by atoms with van der Waals surface area (Å²) in [6.07, 6.45) is 15.6. The van der Waals surface area contributed by atoms with Crippen molar-refractivity contribution in [3.8, 4) is 0 Å². The fraction of sp³-hybridized carbons (Fsp3) is 1.00. The van der Waals surface area contributed by atoms with Crippen LogP contribution in [0.2, 0.25) is 0 Å². The molecule has 0 saturated heterocycles. The number of unbranched alkanes of at least 4 members (excludes halogenated alkanes) is 3. The van der Waals surface area contributed by atoms with Crippen LogP contribution in [0.4, 0.5) is 0 Å². The van der Waals surface area contributed by atoms with E-state index in [4.69, 9.17) is 19.0 Å². The number of phosphoric ester groups is 1. The maximum absolute atomic E-state index is 11.3. The average Bonchev–Trinajstić information content (AvgIpc) is 2.81. The Labute approximate surface area is 221 Å². The second-order valence-electron chi connectivity index (χ2n) is 10.5. The molecule has 10 heteroatoms. The van der Waals surface area contributed by atoms with Gasteiger partial charge in [0.1, 0.15) is 0 Å². The molecule has 3 N–H and O–H groups in total. The van der Waals surface area contributed by atoms with Gasteiger partial charge in [0.15, 0.2) is 0 Å². The van der Waals surface area contributed by atoms with E-state index in [-0.39, 0.29) is 12.0 Å². The number of ether oxygens (including phenoxy) is 1. The molecule has 1 unspecified atom stereocenters. The topological polar surface area (TPSA) is 123 Å². The van der Waals surface area contributed by atoms with Crippen LogP contribution in [0, 0.1) is 10.8 Å². The zero-order valence-corrected chi connectivity index (χ0v) is 25.5. The molecule has 0 fully saturated rings. The first-order valence-corrected chi connectivity index (χ1v) is 17.6. The Bertz CT molecular complexity index is 623. The van der Waals surface area contributed by atoms with Crippen LogP contribution >= 0.6 is 15.4 Å². The minimum absolute atomic E-state index is 0.111. The van der Waals surface area contributed by atoms with Crippen molar-refractivity contribution in [1.82, 2.24) is 0 Å². The molecule has 0 amide bonds. The molecule has 36 heavy (non-hydrogen) atoms. The summed E-state index contributed by atoms with van der Waals surface area (Å²) >= 11 is 0. The van der Waals surface area contributed by atoms with E-state index in [1.54, 1.807) is 0 Å². The zero-order valence-electron chi connectivity index (χ0n) is 23.7. The van der Waals surface area contributed by atoms with Gasteiger partial charge in [-0.05, 0) is 62.2 Å². The smallest absolute Gasteiger partial charge is 0.381 e. The lowest BCUT2D eigenvalue weighted by Gasteiger charge is -2.32. The van der Waals surface area contributed by atoms with E-state index in [1.165, 1.54) is 6.66 Å². The van der Waals surface area contributed by atoms with Crippen molar-refractivity contribution in [2.45, 2.75) is 124 Å². The lowest BCUT2D eigenvalue weighted by molar-refractivity contribution is 0.112. The van der Waals surface area contributed by atoms with Crippen LogP contribution < -0.4 is 0 Å². The first kappa shape index (κ1) is 36.2. The molecule has 0 aliphatic heterocycles. The predicted molar refractivity (Wildman–Crippen MR) is 147 cm³/mol. The molecule has 1 atom stereocenters. The molecule has 0 aliphatic carbocycles. The summed E-state index contributed by atoms with van der Waals surface area (Å²) in [6.45, 7) is 12.2. The Balaban J connectivity index is 4.06. The average molecular weight is 559 g/mol. The first-order valence-electron chi connectivity index (χ1n) is 14.1. The van der Waals surface area contributed by atoms with Gasteiger partial charge in [0.2, 0.25) is 0 Å². The van der Waals surface area contributed by atoms with Gasteiger partial charge in [-0.1, -0.05) is 72.6 Å². The molecule has 0 saturated carbocycles. The van der Waals surface area contributed by atoms with Crippen molar-refractivity contribution in [3.05, 3.63) is 0 Å². The molecule has 0 aromatic heterocycles. The molecule has 0 bridgehead atoms. The number of hydrogen-bond acceptors (Lipinski definition) is 5. The summed E-state index contributed by atoms with van der Waals surface area (Å²) in [7, 11) is -7.73. The number of rotatable bonds is 25. The van der Waals surface area contributed by atoms with Gasteiger partial charge in [0.05, 0.1) is 13.2 Å². The molecule has 0 radical (unpaired) electrons. The highest BCUT2D eigenvalue weighted by Crippen LogP contribution is 2.41. The Morgan fingerprint density at radius 2 is 0.917 bits per heavy atom. The quantitative estimate of drug-likeness (QED) is 0.0765. The van der Waals surface area contributed by atoms with Gasteiger partial charge in [-0.3, -0.25) is 9.09 Å². The van der Waals surface area contributed by atoms with E-state index in [0.29, 0.717) is 18.4 Å². The fourth-order valence-corrected chi connectivity index (χ4v) is 5.98. The molecule has 0 rings (SSSR count). The Kier molecular flexibility index (Phi) is 19.4. The lowest BCUT2D eigenvalue weighted by atomic mass is 9.74. The monoisotopic (exact) mass is 558 g/mol. The molecule has 8 nitrogen and oxygen atoms in total. The summed E-state index contributed by atoms with van der Waals surface area (Å²) in [4.78, 5) is 26.8. The summed E-state index contributed by atoms with van der Waals surface area (Å²) in [5.74, 6) is 0. The van der Waals surface area contributed by atoms with Crippen molar-refractivity contribution in [2.24, 2.45) is 10.8 Å². The summed E-state index contributed by atoms with van der Waals surface area (Å²) < 4.78 is 37.6. The molecule has 0 aliphatic rings. The number of hydrogen-bond donors (Lipinski definition) is 3. The summed E-state index contributed by atoms with van der Waals surface area (Å²) in [5.41, 5.74) is 0.574. The van der Waals surface area contributed by atoms with Gasteiger partial charge in [-0.2, -0.15) is 0 Å². The fourth-order valence-electron chi connectivity index (χ4n) is 5.14. The maximum atomic E-state index is 11.3. The minimum atomic E-state index is -4.35. The van der Waals surface area contributed by atoms with Crippen LogP contribution in [0.15, 0.2) is 0 Å². The molecule has 0 aromatic carbocycles. The largest absolute Gasteiger partial charge is 0.469 e. The van der Waals surface area contributed by atoms with Crippen LogP contribution in [-0.4, -0.2) is 47.8 Å². The van der Waals surface area contributed by atoms with Crippen LogP contribution in [0.3, 0.4) is 0 Å². The molecule has 218 valence electrons. The van der Waals surface area contributed by atoms with Gasteiger partial charge in [-0.25, -0.2) is 4.57 Å². The zero-order chi connectivity index (χ0) is 27.6. The highest BCUT2D eigenvalue weighted by molar-refractivity contribution is 7.51. The van der Waals surface area contributed by atoms with Gasteiger partial charge in [-0.15, -0.1) is 0 Å². The van der Waals surface area contributed by atoms with E-state index < -0.39 is 15.4 Å². The van der Waals surface area contributed by atoms with Crippen molar-refractivity contribution >= 4 is 15.4 Å². The third-order valence-electron chi connectivity index (χ3n) is 8.03. The summed E-state index contributed by atoms with van der Waals surface area (Å²) in [6, 6.07) is 0. The van der Waals surface area contributed by atoms with Crippen molar-refractivity contribution in [2.75, 3.05) is 33.1 Å².